The van der Waals surface area contributed by atoms with Crippen molar-refractivity contribution in [2.24, 2.45) is 0 Å². The highest BCUT2D eigenvalue weighted by atomic mass is 32.1. The molecular weight excluding hydrogens is 234 g/mol. The normalized spacial score (nSPS) is 12.5. The molecule has 1 unspecified atom stereocenters. The molecule has 96 valence electrons. The van der Waals surface area contributed by atoms with Crippen LogP contribution < -0.4 is 5.32 Å². The van der Waals surface area contributed by atoms with E-state index in [4.69, 9.17) is 5.11 Å². The minimum Gasteiger partial charge on any atom is -0.392 e. The first-order valence-electron chi connectivity index (χ1n) is 5.99. The third kappa shape index (κ3) is 5.33. The largest absolute Gasteiger partial charge is 0.392 e. The molecular formula is C13H21NO2S. The van der Waals surface area contributed by atoms with Gasteiger partial charge in [0.2, 0.25) is 5.91 Å². The Hall–Kier alpha value is -0.870. The minimum absolute atomic E-state index is 0.0236. The van der Waals surface area contributed by atoms with Crippen LogP contribution in [0.3, 0.4) is 0 Å². The molecule has 0 spiro atoms. The lowest BCUT2D eigenvalue weighted by Gasteiger charge is -2.06. The fourth-order valence-corrected chi connectivity index (χ4v) is 2.70. The fraction of sp³-hybridized carbons (Fsp3) is 0.615. The van der Waals surface area contributed by atoms with Crippen molar-refractivity contribution < 1.29 is 9.90 Å². The average Bonchev–Trinajstić information content (AvgIpc) is 2.55. The second-order valence-corrected chi connectivity index (χ2v) is 5.91. The van der Waals surface area contributed by atoms with Gasteiger partial charge in [0.25, 0.3) is 0 Å². The first-order valence-corrected chi connectivity index (χ1v) is 6.81. The highest BCUT2D eigenvalue weighted by Gasteiger charge is 2.06. The molecule has 1 amide bonds. The van der Waals surface area contributed by atoms with Crippen LogP contribution in [-0.4, -0.2) is 23.7 Å². The molecule has 3 nitrogen and oxygen atoms in total. The van der Waals surface area contributed by atoms with Crippen LogP contribution in [-0.2, 0) is 11.2 Å². The molecule has 0 saturated heterocycles. The summed E-state index contributed by atoms with van der Waals surface area (Å²) < 4.78 is 0. The van der Waals surface area contributed by atoms with Gasteiger partial charge in [0, 0.05) is 22.7 Å². The van der Waals surface area contributed by atoms with Crippen LogP contribution in [0.15, 0.2) is 6.07 Å². The Kier molecular flexibility index (Phi) is 5.65. The summed E-state index contributed by atoms with van der Waals surface area (Å²) in [6, 6.07) is 2.20. The molecule has 2 N–H and O–H groups in total. The van der Waals surface area contributed by atoms with Crippen LogP contribution in [0.5, 0.6) is 0 Å². The smallest absolute Gasteiger partial charge is 0.220 e. The van der Waals surface area contributed by atoms with Gasteiger partial charge in [-0.3, -0.25) is 4.79 Å². The Morgan fingerprint density at radius 1 is 1.53 bits per heavy atom. The van der Waals surface area contributed by atoms with Gasteiger partial charge in [0.05, 0.1) is 6.10 Å². The van der Waals surface area contributed by atoms with Gasteiger partial charge < -0.3 is 10.4 Å². The minimum atomic E-state index is -0.472. The van der Waals surface area contributed by atoms with Crippen LogP contribution in [0.4, 0.5) is 0 Å². The van der Waals surface area contributed by atoms with Crippen LogP contribution in [0, 0.1) is 13.8 Å². The lowest BCUT2D eigenvalue weighted by molar-refractivity contribution is -0.121. The molecule has 0 bridgehead atoms. The zero-order valence-corrected chi connectivity index (χ0v) is 11.6. The van der Waals surface area contributed by atoms with E-state index in [9.17, 15) is 4.79 Å². The van der Waals surface area contributed by atoms with E-state index in [1.54, 1.807) is 6.92 Å². The number of thiophene rings is 1. The second kappa shape index (κ2) is 6.77. The molecule has 0 aliphatic carbocycles. The summed E-state index contributed by atoms with van der Waals surface area (Å²) in [7, 11) is 0. The van der Waals surface area contributed by atoms with Crippen LogP contribution in [0.25, 0.3) is 0 Å². The molecule has 0 fully saturated rings. The zero-order chi connectivity index (χ0) is 12.8. The highest BCUT2D eigenvalue weighted by molar-refractivity contribution is 7.12. The molecule has 0 saturated carbocycles. The standard InChI is InChI=1S/C13H21NO2S/c1-9(15)8-14-13(16)6-4-5-12-7-10(2)17-11(12)3/h7,9,15H,4-6,8H2,1-3H3,(H,14,16). The Balaban J connectivity index is 2.23. The molecule has 1 atom stereocenters. The van der Waals surface area contributed by atoms with E-state index in [1.807, 2.05) is 11.3 Å². The summed E-state index contributed by atoms with van der Waals surface area (Å²) >= 11 is 1.81. The Labute approximate surface area is 107 Å². The summed E-state index contributed by atoms with van der Waals surface area (Å²) in [5.74, 6) is 0.0236. The number of rotatable bonds is 6. The maximum atomic E-state index is 11.4. The van der Waals surface area contributed by atoms with Gasteiger partial charge in [-0.25, -0.2) is 0 Å². The van der Waals surface area contributed by atoms with Crippen LogP contribution >= 0.6 is 11.3 Å². The molecule has 1 aromatic heterocycles. The summed E-state index contributed by atoms with van der Waals surface area (Å²) in [5, 5.41) is 11.7. The maximum absolute atomic E-state index is 11.4. The topological polar surface area (TPSA) is 49.3 Å². The number of amides is 1. The molecule has 1 rings (SSSR count). The third-order valence-corrected chi connectivity index (χ3v) is 3.60. The number of aryl methyl sites for hydroxylation is 3. The van der Waals surface area contributed by atoms with Gasteiger partial charge >= 0.3 is 0 Å². The van der Waals surface area contributed by atoms with Crippen molar-refractivity contribution in [3.63, 3.8) is 0 Å². The SMILES string of the molecule is Cc1cc(CCCC(=O)NCC(C)O)c(C)s1. The highest BCUT2D eigenvalue weighted by Crippen LogP contribution is 2.22. The van der Waals surface area contributed by atoms with E-state index < -0.39 is 6.10 Å². The number of hydrogen-bond donors (Lipinski definition) is 2. The molecule has 1 heterocycles. The van der Waals surface area contributed by atoms with E-state index in [0.717, 1.165) is 12.8 Å². The summed E-state index contributed by atoms with van der Waals surface area (Å²) in [6.45, 7) is 6.24. The molecule has 17 heavy (non-hydrogen) atoms. The monoisotopic (exact) mass is 255 g/mol. The summed E-state index contributed by atoms with van der Waals surface area (Å²) in [6.07, 6.45) is 1.88. The molecule has 0 aliphatic heterocycles. The quantitative estimate of drug-likeness (QED) is 0.818. The van der Waals surface area contributed by atoms with E-state index >= 15 is 0 Å². The first kappa shape index (κ1) is 14.2. The van der Waals surface area contributed by atoms with Crippen molar-refractivity contribution in [1.29, 1.82) is 0 Å². The number of aliphatic hydroxyl groups is 1. The number of aliphatic hydroxyl groups excluding tert-OH is 1. The van der Waals surface area contributed by atoms with Gasteiger partial charge in [-0.1, -0.05) is 0 Å². The molecule has 0 aromatic carbocycles. The Morgan fingerprint density at radius 2 is 2.24 bits per heavy atom. The first-order chi connectivity index (χ1) is 7.99. The molecule has 0 radical (unpaired) electrons. The van der Waals surface area contributed by atoms with Crippen molar-refractivity contribution in [2.75, 3.05) is 6.54 Å². The zero-order valence-electron chi connectivity index (χ0n) is 10.7. The number of hydrogen-bond acceptors (Lipinski definition) is 3. The fourth-order valence-electron chi connectivity index (χ4n) is 1.72. The second-order valence-electron chi connectivity index (χ2n) is 4.45. The molecule has 0 aliphatic rings. The average molecular weight is 255 g/mol. The van der Waals surface area contributed by atoms with Gasteiger partial charge in [0.15, 0.2) is 0 Å². The van der Waals surface area contributed by atoms with Gasteiger partial charge in [-0.15, -0.1) is 11.3 Å². The number of carbonyl (C=O) groups is 1. The van der Waals surface area contributed by atoms with Crippen molar-refractivity contribution >= 4 is 17.2 Å². The number of nitrogens with one attached hydrogen (secondary N) is 1. The van der Waals surface area contributed by atoms with E-state index in [2.05, 4.69) is 25.2 Å². The molecule has 4 heteroatoms. The van der Waals surface area contributed by atoms with Crippen LogP contribution in [0.1, 0.15) is 35.1 Å². The van der Waals surface area contributed by atoms with Crippen molar-refractivity contribution in [2.45, 2.75) is 46.1 Å². The Morgan fingerprint density at radius 3 is 2.76 bits per heavy atom. The maximum Gasteiger partial charge on any atom is 0.220 e. The van der Waals surface area contributed by atoms with Crippen molar-refractivity contribution in [1.82, 2.24) is 5.32 Å². The summed E-state index contributed by atoms with van der Waals surface area (Å²) in [4.78, 5) is 14.1. The number of carbonyl (C=O) groups excluding carboxylic acids is 1. The third-order valence-electron chi connectivity index (χ3n) is 2.59. The lowest BCUT2D eigenvalue weighted by atomic mass is 10.1. The van der Waals surface area contributed by atoms with E-state index in [-0.39, 0.29) is 5.91 Å². The lowest BCUT2D eigenvalue weighted by Crippen LogP contribution is -2.30. The van der Waals surface area contributed by atoms with Crippen LogP contribution in [0.2, 0.25) is 0 Å². The molecule has 1 aromatic rings. The Bertz CT molecular complexity index is 371. The van der Waals surface area contributed by atoms with E-state index in [1.165, 1.54) is 15.3 Å². The predicted molar refractivity (Wildman–Crippen MR) is 71.4 cm³/mol. The van der Waals surface area contributed by atoms with Gasteiger partial charge in [0.1, 0.15) is 0 Å². The van der Waals surface area contributed by atoms with Gasteiger partial charge in [-0.05, 0) is 45.2 Å². The van der Waals surface area contributed by atoms with Crippen molar-refractivity contribution in [3.05, 3.63) is 21.4 Å². The predicted octanol–water partition coefficient (Wildman–Crippen LogP) is 2.18. The van der Waals surface area contributed by atoms with E-state index in [0.29, 0.717) is 13.0 Å². The van der Waals surface area contributed by atoms with Crippen molar-refractivity contribution in [3.8, 4) is 0 Å². The van der Waals surface area contributed by atoms with Gasteiger partial charge in [-0.2, -0.15) is 0 Å². The summed E-state index contributed by atoms with van der Waals surface area (Å²) in [5.41, 5.74) is 1.36.